The van der Waals surface area contributed by atoms with E-state index < -0.39 is 0 Å². The average molecular weight is 176 g/mol. The van der Waals surface area contributed by atoms with Crippen molar-refractivity contribution in [3.05, 3.63) is 18.6 Å². The van der Waals surface area contributed by atoms with Crippen LogP contribution < -0.4 is 4.90 Å². The van der Waals surface area contributed by atoms with Gasteiger partial charge in [-0.3, -0.25) is 0 Å². The molecule has 0 spiro atoms. The van der Waals surface area contributed by atoms with Gasteiger partial charge in [0.25, 0.3) is 0 Å². The van der Waals surface area contributed by atoms with Gasteiger partial charge in [0.1, 0.15) is 12.1 Å². The van der Waals surface area contributed by atoms with Gasteiger partial charge < -0.3 is 4.90 Å². The van der Waals surface area contributed by atoms with Crippen molar-refractivity contribution in [1.82, 2.24) is 9.97 Å². The molecule has 0 saturated heterocycles. The second-order valence-corrected chi connectivity index (χ2v) is 2.89. The van der Waals surface area contributed by atoms with Crippen LogP contribution in [-0.2, 0) is 0 Å². The van der Waals surface area contributed by atoms with E-state index >= 15 is 0 Å². The van der Waals surface area contributed by atoms with Crippen molar-refractivity contribution >= 4 is 5.82 Å². The molecule has 1 unspecified atom stereocenters. The minimum Gasteiger partial charge on any atom is -0.356 e. The lowest BCUT2D eigenvalue weighted by molar-refractivity contribution is 0.693. The van der Waals surface area contributed by atoms with E-state index in [9.17, 15) is 0 Å². The van der Waals surface area contributed by atoms with Crippen LogP contribution in [0.5, 0.6) is 0 Å². The molecule has 0 aliphatic carbocycles. The van der Waals surface area contributed by atoms with E-state index in [0.717, 1.165) is 5.82 Å². The maximum Gasteiger partial charge on any atom is 0.131 e. The van der Waals surface area contributed by atoms with Gasteiger partial charge in [0.15, 0.2) is 0 Å². The van der Waals surface area contributed by atoms with E-state index in [-0.39, 0.29) is 6.04 Å². The first-order valence-corrected chi connectivity index (χ1v) is 4.11. The number of nitriles is 1. The lowest BCUT2D eigenvalue weighted by atomic mass is 10.2. The zero-order valence-electron chi connectivity index (χ0n) is 7.81. The standard InChI is InChI=1S/C9H12N4/c1-8(3-5-10)13(2)9-4-6-11-7-12-9/h4,6-8H,3H2,1-2H3. The Morgan fingerprint density at radius 3 is 3.00 bits per heavy atom. The SMILES string of the molecule is CC(CC#N)N(C)c1ccncn1. The number of anilines is 1. The summed E-state index contributed by atoms with van der Waals surface area (Å²) in [5, 5.41) is 8.52. The van der Waals surface area contributed by atoms with Crippen LogP contribution in [0.1, 0.15) is 13.3 Å². The van der Waals surface area contributed by atoms with E-state index in [2.05, 4.69) is 16.0 Å². The Morgan fingerprint density at radius 2 is 2.46 bits per heavy atom. The van der Waals surface area contributed by atoms with Crippen molar-refractivity contribution in [2.75, 3.05) is 11.9 Å². The molecule has 0 aliphatic rings. The first kappa shape index (κ1) is 9.46. The first-order chi connectivity index (χ1) is 6.25. The molecular weight excluding hydrogens is 164 g/mol. The van der Waals surface area contributed by atoms with Crippen LogP contribution in [0.4, 0.5) is 5.82 Å². The summed E-state index contributed by atoms with van der Waals surface area (Å²) in [6.45, 7) is 1.99. The Morgan fingerprint density at radius 1 is 1.69 bits per heavy atom. The minimum absolute atomic E-state index is 0.180. The van der Waals surface area contributed by atoms with Crippen molar-refractivity contribution in [2.24, 2.45) is 0 Å². The molecule has 0 radical (unpaired) electrons. The molecule has 0 fully saturated rings. The molecule has 4 heteroatoms. The summed E-state index contributed by atoms with van der Waals surface area (Å²) in [4.78, 5) is 9.88. The number of rotatable bonds is 3. The topological polar surface area (TPSA) is 52.8 Å². The number of hydrogen-bond donors (Lipinski definition) is 0. The Labute approximate surface area is 77.8 Å². The Hall–Kier alpha value is -1.63. The summed E-state index contributed by atoms with van der Waals surface area (Å²) in [5.41, 5.74) is 0. The average Bonchev–Trinajstić information content (AvgIpc) is 2.18. The van der Waals surface area contributed by atoms with Crippen molar-refractivity contribution in [3.63, 3.8) is 0 Å². The van der Waals surface area contributed by atoms with Gasteiger partial charge in [-0.25, -0.2) is 9.97 Å². The quantitative estimate of drug-likeness (QED) is 0.694. The molecule has 1 aromatic heterocycles. The van der Waals surface area contributed by atoms with Crippen molar-refractivity contribution in [3.8, 4) is 6.07 Å². The summed E-state index contributed by atoms with van der Waals surface area (Å²) < 4.78 is 0. The van der Waals surface area contributed by atoms with Crippen molar-refractivity contribution in [1.29, 1.82) is 5.26 Å². The zero-order chi connectivity index (χ0) is 9.68. The van der Waals surface area contributed by atoms with E-state index in [0.29, 0.717) is 6.42 Å². The van der Waals surface area contributed by atoms with Gasteiger partial charge in [-0.1, -0.05) is 0 Å². The smallest absolute Gasteiger partial charge is 0.131 e. The fourth-order valence-electron chi connectivity index (χ4n) is 0.987. The van der Waals surface area contributed by atoms with E-state index in [1.165, 1.54) is 6.33 Å². The molecule has 68 valence electrons. The number of hydrogen-bond acceptors (Lipinski definition) is 4. The molecule has 0 aliphatic heterocycles. The summed E-state index contributed by atoms with van der Waals surface area (Å²) in [5.74, 6) is 0.845. The van der Waals surface area contributed by atoms with Gasteiger partial charge in [0.2, 0.25) is 0 Å². The van der Waals surface area contributed by atoms with Crippen molar-refractivity contribution < 1.29 is 0 Å². The molecule has 0 amide bonds. The van der Waals surface area contributed by atoms with Crippen molar-refractivity contribution in [2.45, 2.75) is 19.4 Å². The highest BCUT2D eigenvalue weighted by Gasteiger charge is 2.09. The largest absolute Gasteiger partial charge is 0.356 e. The Kier molecular flexibility index (Phi) is 3.21. The Balaban J connectivity index is 2.69. The van der Waals surface area contributed by atoms with Crippen LogP contribution in [0.3, 0.4) is 0 Å². The summed E-state index contributed by atoms with van der Waals surface area (Å²) in [7, 11) is 1.92. The lowest BCUT2D eigenvalue weighted by Crippen LogP contribution is -2.29. The highest BCUT2D eigenvalue weighted by Crippen LogP contribution is 2.10. The second-order valence-electron chi connectivity index (χ2n) is 2.89. The molecule has 4 nitrogen and oxygen atoms in total. The van der Waals surface area contributed by atoms with Crippen LogP contribution in [0.25, 0.3) is 0 Å². The zero-order valence-corrected chi connectivity index (χ0v) is 7.81. The maximum atomic E-state index is 8.52. The molecule has 1 rings (SSSR count). The normalized spacial score (nSPS) is 11.8. The third-order valence-electron chi connectivity index (χ3n) is 1.98. The summed E-state index contributed by atoms with van der Waals surface area (Å²) >= 11 is 0. The van der Waals surface area contributed by atoms with Crippen LogP contribution in [0.2, 0.25) is 0 Å². The lowest BCUT2D eigenvalue weighted by Gasteiger charge is -2.23. The van der Waals surface area contributed by atoms with Gasteiger partial charge in [-0.15, -0.1) is 0 Å². The second kappa shape index (κ2) is 4.41. The third kappa shape index (κ3) is 2.41. The molecule has 1 heterocycles. The number of nitrogens with zero attached hydrogens (tertiary/aromatic N) is 4. The Bertz CT molecular complexity index is 290. The minimum atomic E-state index is 0.180. The maximum absolute atomic E-state index is 8.52. The van der Waals surface area contributed by atoms with Gasteiger partial charge >= 0.3 is 0 Å². The van der Waals surface area contributed by atoms with Gasteiger partial charge in [0.05, 0.1) is 12.5 Å². The summed E-state index contributed by atoms with van der Waals surface area (Å²) in [6, 6.07) is 4.14. The summed E-state index contributed by atoms with van der Waals surface area (Å²) in [6.07, 6.45) is 3.70. The monoisotopic (exact) mass is 176 g/mol. The molecular formula is C9H12N4. The molecule has 0 aromatic carbocycles. The van der Waals surface area contributed by atoms with Gasteiger partial charge in [-0.2, -0.15) is 5.26 Å². The molecule has 13 heavy (non-hydrogen) atoms. The predicted octanol–water partition coefficient (Wildman–Crippen LogP) is 1.21. The highest BCUT2D eigenvalue weighted by molar-refractivity contribution is 5.36. The van der Waals surface area contributed by atoms with E-state index in [4.69, 9.17) is 5.26 Å². The number of aromatic nitrogens is 2. The fourth-order valence-corrected chi connectivity index (χ4v) is 0.987. The first-order valence-electron chi connectivity index (χ1n) is 4.11. The molecule has 1 atom stereocenters. The van der Waals surface area contributed by atoms with Gasteiger partial charge in [0, 0.05) is 19.3 Å². The molecule has 0 saturated carbocycles. The predicted molar refractivity (Wildman–Crippen MR) is 50.1 cm³/mol. The molecule has 0 N–H and O–H groups in total. The van der Waals surface area contributed by atoms with Crippen LogP contribution >= 0.6 is 0 Å². The van der Waals surface area contributed by atoms with E-state index in [1.807, 2.05) is 24.9 Å². The highest BCUT2D eigenvalue weighted by atomic mass is 15.2. The van der Waals surface area contributed by atoms with Gasteiger partial charge in [-0.05, 0) is 13.0 Å². The van der Waals surface area contributed by atoms with E-state index in [1.54, 1.807) is 6.20 Å². The molecule has 1 aromatic rings. The fraction of sp³-hybridized carbons (Fsp3) is 0.444. The van der Waals surface area contributed by atoms with Crippen LogP contribution in [0, 0.1) is 11.3 Å². The van der Waals surface area contributed by atoms with Crippen LogP contribution in [0.15, 0.2) is 18.6 Å². The third-order valence-corrected chi connectivity index (χ3v) is 1.98. The molecule has 0 bridgehead atoms. The van der Waals surface area contributed by atoms with Crippen LogP contribution in [-0.4, -0.2) is 23.1 Å².